The Balaban J connectivity index is 1.68. The van der Waals surface area contributed by atoms with E-state index < -0.39 is 0 Å². The van der Waals surface area contributed by atoms with Gasteiger partial charge in [-0.2, -0.15) is 16.4 Å². The van der Waals surface area contributed by atoms with Gasteiger partial charge in [0.2, 0.25) is 0 Å². The van der Waals surface area contributed by atoms with Gasteiger partial charge in [-0.1, -0.05) is 0 Å². The maximum absolute atomic E-state index is 11.8. The van der Waals surface area contributed by atoms with E-state index in [4.69, 9.17) is 4.74 Å². The summed E-state index contributed by atoms with van der Waals surface area (Å²) < 4.78 is 7.17. The third-order valence-electron chi connectivity index (χ3n) is 2.92. The van der Waals surface area contributed by atoms with Crippen LogP contribution < -0.4 is 5.32 Å². The first-order valence-corrected chi connectivity index (χ1v) is 6.72. The summed E-state index contributed by atoms with van der Waals surface area (Å²) in [5.41, 5.74) is 1.40. The molecule has 0 aliphatic carbocycles. The average Bonchev–Trinajstić information content (AvgIpc) is 3.12. The lowest BCUT2D eigenvalue weighted by atomic mass is 10.3. The van der Waals surface area contributed by atoms with Crippen LogP contribution in [0.4, 0.5) is 5.69 Å². The van der Waals surface area contributed by atoms with Gasteiger partial charge in [0.05, 0.1) is 30.1 Å². The van der Waals surface area contributed by atoms with Crippen LogP contribution in [-0.2, 0) is 4.74 Å². The molecule has 1 N–H and O–H groups in total. The van der Waals surface area contributed by atoms with Crippen LogP contribution in [0.25, 0.3) is 0 Å². The smallest absolute Gasteiger partial charge is 0.256 e. The number of nitrogens with zero attached hydrogens (tertiary/aromatic N) is 2. The van der Waals surface area contributed by atoms with Crippen LogP contribution >= 0.6 is 11.3 Å². The van der Waals surface area contributed by atoms with Gasteiger partial charge in [0.15, 0.2) is 0 Å². The van der Waals surface area contributed by atoms with Gasteiger partial charge < -0.3 is 10.1 Å². The Morgan fingerprint density at radius 3 is 3.28 bits per heavy atom. The van der Waals surface area contributed by atoms with Crippen molar-refractivity contribution in [2.45, 2.75) is 12.5 Å². The van der Waals surface area contributed by atoms with E-state index in [9.17, 15) is 4.79 Å². The van der Waals surface area contributed by atoms with Gasteiger partial charge in [-0.05, 0) is 17.9 Å². The van der Waals surface area contributed by atoms with Gasteiger partial charge in [0.25, 0.3) is 5.91 Å². The minimum atomic E-state index is -0.0986. The molecule has 0 saturated carbocycles. The van der Waals surface area contributed by atoms with Crippen molar-refractivity contribution >= 4 is 22.9 Å². The topological polar surface area (TPSA) is 56.2 Å². The first kappa shape index (κ1) is 11.4. The lowest BCUT2D eigenvalue weighted by Gasteiger charge is -2.06. The second-order valence-electron chi connectivity index (χ2n) is 4.19. The zero-order valence-corrected chi connectivity index (χ0v) is 10.5. The molecule has 1 saturated heterocycles. The molecule has 1 aliphatic heterocycles. The van der Waals surface area contributed by atoms with Crippen molar-refractivity contribution in [3.8, 4) is 0 Å². The fourth-order valence-electron chi connectivity index (χ4n) is 1.93. The molecule has 2 aromatic heterocycles. The van der Waals surface area contributed by atoms with Crippen molar-refractivity contribution in [3.63, 3.8) is 0 Å². The molecular formula is C12H13N3O2S. The van der Waals surface area contributed by atoms with Gasteiger partial charge in [0.1, 0.15) is 0 Å². The monoisotopic (exact) mass is 263 g/mol. The second-order valence-corrected chi connectivity index (χ2v) is 4.97. The lowest BCUT2D eigenvalue weighted by molar-refractivity contribution is 0.102. The molecule has 94 valence electrons. The number of thiophene rings is 1. The Bertz CT molecular complexity index is 529. The molecule has 0 spiro atoms. The highest BCUT2D eigenvalue weighted by atomic mass is 32.1. The summed E-state index contributed by atoms with van der Waals surface area (Å²) >= 11 is 1.51. The Kier molecular flexibility index (Phi) is 3.12. The van der Waals surface area contributed by atoms with Gasteiger partial charge in [0, 0.05) is 18.2 Å². The molecular weight excluding hydrogens is 250 g/mol. The van der Waals surface area contributed by atoms with Gasteiger partial charge in [-0.25, -0.2) is 0 Å². The van der Waals surface area contributed by atoms with Crippen LogP contribution in [0.3, 0.4) is 0 Å². The second kappa shape index (κ2) is 4.91. The molecule has 6 heteroatoms. The number of nitrogens with one attached hydrogen (secondary N) is 1. The molecule has 0 aromatic carbocycles. The third-order valence-corrected chi connectivity index (χ3v) is 3.61. The van der Waals surface area contributed by atoms with Gasteiger partial charge >= 0.3 is 0 Å². The summed E-state index contributed by atoms with van der Waals surface area (Å²) in [6.45, 7) is 1.47. The molecule has 5 nitrogen and oxygen atoms in total. The van der Waals surface area contributed by atoms with E-state index in [1.54, 1.807) is 12.3 Å². The van der Waals surface area contributed by atoms with Crippen LogP contribution in [-0.4, -0.2) is 28.9 Å². The summed E-state index contributed by atoms with van der Waals surface area (Å²) in [6, 6.07) is 2.09. The van der Waals surface area contributed by atoms with E-state index in [0.29, 0.717) is 12.2 Å². The van der Waals surface area contributed by atoms with E-state index in [2.05, 4.69) is 10.4 Å². The zero-order valence-electron chi connectivity index (χ0n) is 9.70. The first-order chi connectivity index (χ1) is 8.83. The summed E-state index contributed by atoms with van der Waals surface area (Å²) in [5.74, 6) is -0.0986. The number of amides is 1. The van der Waals surface area contributed by atoms with Crippen molar-refractivity contribution < 1.29 is 9.53 Å². The molecule has 1 aliphatic rings. The SMILES string of the molecule is O=C(Nc1cnn([C@H]2CCOC2)c1)c1ccsc1. The minimum absolute atomic E-state index is 0.0986. The third kappa shape index (κ3) is 2.30. The predicted molar refractivity (Wildman–Crippen MR) is 69.0 cm³/mol. The lowest BCUT2D eigenvalue weighted by Crippen LogP contribution is -2.11. The highest BCUT2D eigenvalue weighted by molar-refractivity contribution is 7.08. The number of anilines is 1. The molecule has 1 fully saturated rings. The number of hydrogen-bond acceptors (Lipinski definition) is 4. The number of aromatic nitrogens is 2. The van der Waals surface area contributed by atoms with Crippen molar-refractivity contribution in [2.75, 3.05) is 18.5 Å². The maximum atomic E-state index is 11.8. The molecule has 3 heterocycles. The number of rotatable bonds is 3. The van der Waals surface area contributed by atoms with E-state index >= 15 is 0 Å². The molecule has 0 unspecified atom stereocenters. The quantitative estimate of drug-likeness (QED) is 0.923. The van der Waals surface area contributed by atoms with E-state index in [-0.39, 0.29) is 11.9 Å². The summed E-state index contributed by atoms with van der Waals surface area (Å²) in [6.07, 6.45) is 4.49. The molecule has 2 aromatic rings. The predicted octanol–water partition coefficient (Wildman–Crippen LogP) is 2.16. The van der Waals surface area contributed by atoms with Crippen molar-refractivity contribution in [1.29, 1.82) is 0 Å². The molecule has 0 bridgehead atoms. The summed E-state index contributed by atoms with van der Waals surface area (Å²) in [7, 11) is 0. The van der Waals surface area contributed by atoms with Crippen LogP contribution in [0.2, 0.25) is 0 Å². The molecule has 18 heavy (non-hydrogen) atoms. The molecule has 1 amide bonds. The number of carbonyl (C=O) groups excluding carboxylic acids is 1. The highest BCUT2D eigenvalue weighted by Crippen LogP contribution is 2.20. The minimum Gasteiger partial charge on any atom is -0.379 e. The fraction of sp³-hybridized carbons (Fsp3) is 0.333. The Morgan fingerprint density at radius 1 is 1.61 bits per heavy atom. The summed E-state index contributed by atoms with van der Waals surface area (Å²) in [5, 5.41) is 10.8. The largest absolute Gasteiger partial charge is 0.379 e. The van der Waals surface area contributed by atoms with E-state index in [0.717, 1.165) is 18.7 Å². The molecule has 3 rings (SSSR count). The Labute approximate surface area is 108 Å². The van der Waals surface area contributed by atoms with Gasteiger partial charge in [-0.15, -0.1) is 0 Å². The normalized spacial score (nSPS) is 19.0. The van der Waals surface area contributed by atoms with E-state index in [1.165, 1.54) is 11.3 Å². The van der Waals surface area contributed by atoms with Crippen LogP contribution in [0.1, 0.15) is 22.8 Å². The first-order valence-electron chi connectivity index (χ1n) is 5.78. The van der Waals surface area contributed by atoms with Crippen molar-refractivity contribution in [1.82, 2.24) is 9.78 Å². The van der Waals surface area contributed by atoms with Crippen molar-refractivity contribution in [3.05, 3.63) is 34.8 Å². The summed E-state index contributed by atoms with van der Waals surface area (Å²) in [4.78, 5) is 11.8. The van der Waals surface area contributed by atoms with Crippen LogP contribution in [0, 0.1) is 0 Å². The Morgan fingerprint density at radius 2 is 2.56 bits per heavy atom. The van der Waals surface area contributed by atoms with Crippen LogP contribution in [0.15, 0.2) is 29.2 Å². The van der Waals surface area contributed by atoms with Crippen molar-refractivity contribution in [2.24, 2.45) is 0 Å². The average molecular weight is 263 g/mol. The molecule has 1 atom stereocenters. The number of carbonyl (C=O) groups is 1. The number of hydrogen-bond donors (Lipinski definition) is 1. The highest BCUT2D eigenvalue weighted by Gasteiger charge is 2.18. The standard InChI is InChI=1S/C12H13N3O2S/c16-12(9-2-4-18-8-9)14-10-5-13-15(6-10)11-1-3-17-7-11/h2,4-6,8,11H,1,3,7H2,(H,14,16)/t11-/m0/s1. The van der Waals surface area contributed by atoms with Gasteiger partial charge in [-0.3, -0.25) is 9.48 Å². The van der Waals surface area contributed by atoms with E-state index in [1.807, 2.05) is 21.6 Å². The fourth-order valence-corrected chi connectivity index (χ4v) is 2.57. The Hall–Kier alpha value is -1.66. The maximum Gasteiger partial charge on any atom is 0.256 e. The zero-order chi connectivity index (χ0) is 12.4. The van der Waals surface area contributed by atoms with Crippen LogP contribution in [0.5, 0.6) is 0 Å². The number of ether oxygens (including phenoxy) is 1. The molecule has 0 radical (unpaired) electrons.